The normalized spacial score (nSPS) is 22.7. The van der Waals surface area contributed by atoms with Gasteiger partial charge in [0.15, 0.2) is 0 Å². The molecular weight excluding hydrogens is 284 g/mol. The molecule has 1 aromatic carbocycles. The fourth-order valence-electron chi connectivity index (χ4n) is 2.79. The summed E-state index contributed by atoms with van der Waals surface area (Å²) in [7, 11) is -2.89. The third kappa shape index (κ3) is 4.45. The Bertz CT molecular complexity index is 586. The van der Waals surface area contributed by atoms with Crippen LogP contribution in [0.4, 0.5) is 5.69 Å². The molecule has 118 valence electrons. The highest BCUT2D eigenvalue weighted by atomic mass is 32.2. The number of para-hydroxylation sites is 1. The molecule has 0 aliphatic carbocycles. The number of anilines is 1. The van der Waals surface area contributed by atoms with E-state index in [4.69, 9.17) is 0 Å². The average Bonchev–Trinajstić information content (AvgIpc) is 2.56. The van der Waals surface area contributed by atoms with Crippen LogP contribution in [0.1, 0.15) is 32.3 Å². The van der Waals surface area contributed by atoms with Crippen LogP contribution in [-0.2, 0) is 16.4 Å². The van der Waals surface area contributed by atoms with Crippen molar-refractivity contribution in [1.82, 2.24) is 5.32 Å². The number of nitrogens with one attached hydrogen (secondary N) is 1. The Morgan fingerprint density at radius 2 is 2.05 bits per heavy atom. The number of nitrogens with zero attached hydrogens (tertiary/aromatic N) is 1. The van der Waals surface area contributed by atoms with E-state index in [-0.39, 0.29) is 11.3 Å². The molecule has 0 aromatic heterocycles. The van der Waals surface area contributed by atoms with Gasteiger partial charge in [0, 0.05) is 37.1 Å². The lowest BCUT2D eigenvalue weighted by Gasteiger charge is -2.34. The van der Waals surface area contributed by atoms with Crippen molar-refractivity contribution in [2.75, 3.05) is 30.0 Å². The van der Waals surface area contributed by atoms with E-state index < -0.39 is 9.84 Å². The molecule has 2 rings (SSSR count). The molecule has 1 atom stereocenters. The summed E-state index contributed by atoms with van der Waals surface area (Å²) in [4.78, 5) is 2.34. The zero-order valence-corrected chi connectivity index (χ0v) is 14.0. The molecular formula is C16H26N2O2S. The lowest BCUT2D eigenvalue weighted by Crippen LogP contribution is -2.49. The minimum absolute atomic E-state index is 0.0596. The third-order valence-corrected chi connectivity index (χ3v) is 5.33. The van der Waals surface area contributed by atoms with Gasteiger partial charge in [-0.3, -0.25) is 0 Å². The summed E-state index contributed by atoms with van der Waals surface area (Å²) in [5.74, 6) is 0.252. The van der Waals surface area contributed by atoms with Crippen LogP contribution in [0.25, 0.3) is 0 Å². The summed E-state index contributed by atoms with van der Waals surface area (Å²) < 4.78 is 22.7. The van der Waals surface area contributed by atoms with E-state index >= 15 is 0 Å². The SMILES string of the molecule is CCC1(C)CN(CCCS(C)(=O)=O)c2ccccc2CN1. The molecule has 0 saturated carbocycles. The molecule has 1 aliphatic heterocycles. The van der Waals surface area contributed by atoms with E-state index in [0.29, 0.717) is 6.42 Å². The Labute approximate surface area is 128 Å². The minimum Gasteiger partial charge on any atom is -0.369 e. The molecule has 0 spiro atoms. The molecule has 0 saturated heterocycles. The zero-order valence-electron chi connectivity index (χ0n) is 13.2. The lowest BCUT2D eigenvalue weighted by molar-refractivity contribution is 0.349. The number of benzene rings is 1. The maximum absolute atomic E-state index is 11.3. The first-order valence-electron chi connectivity index (χ1n) is 7.58. The Morgan fingerprint density at radius 1 is 1.33 bits per heavy atom. The van der Waals surface area contributed by atoms with E-state index in [0.717, 1.165) is 26.1 Å². The first kappa shape index (κ1) is 16.3. The molecule has 4 nitrogen and oxygen atoms in total. The molecule has 1 heterocycles. The van der Waals surface area contributed by atoms with Crippen LogP contribution in [0.5, 0.6) is 0 Å². The van der Waals surface area contributed by atoms with Gasteiger partial charge in [-0.1, -0.05) is 25.1 Å². The van der Waals surface area contributed by atoms with Crippen LogP contribution >= 0.6 is 0 Å². The van der Waals surface area contributed by atoms with Gasteiger partial charge >= 0.3 is 0 Å². The summed E-state index contributed by atoms with van der Waals surface area (Å²) in [6, 6.07) is 8.40. The van der Waals surface area contributed by atoms with E-state index in [1.807, 2.05) is 0 Å². The Balaban J connectivity index is 2.18. The Morgan fingerprint density at radius 3 is 2.71 bits per heavy atom. The number of sulfone groups is 1. The Hall–Kier alpha value is -1.07. The topological polar surface area (TPSA) is 49.4 Å². The first-order valence-corrected chi connectivity index (χ1v) is 9.65. The molecule has 0 bridgehead atoms. The maximum atomic E-state index is 11.3. The summed E-state index contributed by atoms with van der Waals surface area (Å²) in [5, 5.41) is 3.64. The van der Waals surface area contributed by atoms with Crippen molar-refractivity contribution in [3.63, 3.8) is 0 Å². The standard InChI is InChI=1S/C16H26N2O2S/c1-4-16(2)13-18(10-7-11-21(3,19)20)15-9-6-5-8-14(15)12-17-16/h5-6,8-9,17H,4,7,10-13H2,1-3H3. The number of fused-ring (bicyclic) bond motifs is 1. The number of hydrogen-bond donors (Lipinski definition) is 1. The van der Waals surface area contributed by atoms with Gasteiger partial charge in [-0.2, -0.15) is 0 Å². The second-order valence-electron chi connectivity index (χ2n) is 6.30. The van der Waals surface area contributed by atoms with Crippen molar-refractivity contribution in [3.8, 4) is 0 Å². The predicted molar refractivity (Wildman–Crippen MR) is 88.5 cm³/mol. The summed E-state index contributed by atoms with van der Waals surface area (Å²) in [6.07, 6.45) is 3.03. The Kier molecular flexibility index (Phi) is 4.94. The van der Waals surface area contributed by atoms with Gasteiger partial charge in [0.25, 0.3) is 0 Å². The van der Waals surface area contributed by atoms with Crippen LogP contribution < -0.4 is 10.2 Å². The van der Waals surface area contributed by atoms with Crippen molar-refractivity contribution >= 4 is 15.5 Å². The summed E-state index contributed by atoms with van der Waals surface area (Å²) in [5.41, 5.74) is 2.58. The molecule has 0 amide bonds. The van der Waals surface area contributed by atoms with Gasteiger partial charge in [-0.05, 0) is 31.4 Å². The fourth-order valence-corrected chi connectivity index (χ4v) is 3.45. The van der Waals surface area contributed by atoms with Gasteiger partial charge < -0.3 is 10.2 Å². The van der Waals surface area contributed by atoms with E-state index in [1.54, 1.807) is 0 Å². The van der Waals surface area contributed by atoms with E-state index in [1.165, 1.54) is 17.5 Å². The highest BCUT2D eigenvalue weighted by Crippen LogP contribution is 2.27. The third-order valence-electron chi connectivity index (χ3n) is 4.30. The average molecular weight is 310 g/mol. The molecule has 1 aliphatic rings. The smallest absolute Gasteiger partial charge is 0.147 e. The van der Waals surface area contributed by atoms with E-state index in [9.17, 15) is 8.42 Å². The van der Waals surface area contributed by atoms with Crippen molar-refractivity contribution in [2.45, 2.75) is 38.8 Å². The van der Waals surface area contributed by atoms with Gasteiger partial charge in [-0.25, -0.2) is 8.42 Å². The lowest BCUT2D eigenvalue weighted by atomic mass is 9.98. The van der Waals surface area contributed by atoms with Crippen LogP contribution in [-0.4, -0.2) is 39.1 Å². The van der Waals surface area contributed by atoms with Crippen LogP contribution in [0.2, 0.25) is 0 Å². The number of rotatable bonds is 5. The van der Waals surface area contributed by atoms with E-state index in [2.05, 4.69) is 48.3 Å². The van der Waals surface area contributed by atoms with Crippen molar-refractivity contribution in [3.05, 3.63) is 29.8 Å². The molecule has 5 heteroatoms. The number of hydrogen-bond acceptors (Lipinski definition) is 4. The fraction of sp³-hybridized carbons (Fsp3) is 0.625. The summed E-state index contributed by atoms with van der Waals surface area (Å²) >= 11 is 0. The van der Waals surface area contributed by atoms with Crippen LogP contribution in [0.3, 0.4) is 0 Å². The zero-order chi connectivity index (χ0) is 15.5. The molecule has 21 heavy (non-hydrogen) atoms. The van der Waals surface area contributed by atoms with Crippen molar-refractivity contribution in [1.29, 1.82) is 0 Å². The van der Waals surface area contributed by atoms with Crippen LogP contribution in [0.15, 0.2) is 24.3 Å². The van der Waals surface area contributed by atoms with Crippen molar-refractivity contribution < 1.29 is 8.42 Å². The van der Waals surface area contributed by atoms with Crippen molar-refractivity contribution in [2.24, 2.45) is 0 Å². The van der Waals surface area contributed by atoms with Gasteiger partial charge in [0.05, 0.1) is 5.75 Å². The first-order chi connectivity index (χ1) is 9.83. The molecule has 1 aromatic rings. The molecule has 0 fully saturated rings. The summed E-state index contributed by atoms with van der Waals surface area (Å²) in [6.45, 7) is 6.98. The molecule has 1 N–H and O–H groups in total. The maximum Gasteiger partial charge on any atom is 0.147 e. The van der Waals surface area contributed by atoms with Gasteiger partial charge in [0.2, 0.25) is 0 Å². The van der Waals surface area contributed by atoms with Gasteiger partial charge in [0.1, 0.15) is 9.84 Å². The second kappa shape index (κ2) is 6.36. The highest BCUT2D eigenvalue weighted by Gasteiger charge is 2.29. The minimum atomic E-state index is -2.89. The largest absolute Gasteiger partial charge is 0.369 e. The quantitative estimate of drug-likeness (QED) is 0.906. The monoisotopic (exact) mass is 310 g/mol. The predicted octanol–water partition coefficient (Wildman–Crippen LogP) is 2.20. The molecule has 1 unspecified atom stereocenters. The van der Waals surface area contributed by atoms with Crippen LogP contribution in [0, 0.1) is 0 Å². The second-order valence-corrected chi connectivity index (χ2v) is 8.56. The van der Waals surface area contributed by atoms with Gasteiger partial charge in [-0.15, -0.1) is 0 Å². The molecule has 0 radical (unpaired) electrons. The highest BCUT2D eigenvalue weighted by molar-refractivity contribution is 7.90.